The van der Waals surface area contributed by atoms with Crippen molar-refractivity contribution in [3.05, 3.63) is 71.3 Å². The van der Waals surface area contributed by atoms with Gasteiger partial charge in [0, 0.05) is 5.69 Å². The lowest BCUT2D eigenvalue weighted by Gasteiger charge is -2.09. The molecule has 8 nitrogen and oxygen atoms in total. The average Bonchev–Trinajstić information content (AvgIpc) is 3.09. The zero-order chi connectivity index (χ0) is 21.3. The van der Waals surface area contributed by atoms with Crippen LogP contribution in [0.1, 0.15) is 26.4 Å². The van der Waals surface area contributed by atoms with Crippen molar-refractivity contribution in [1.82, 2.24) is 14.3 Å². The quantitative estimate of drug-likeness (QED) is 0.451. The second kappa shape index (κ2) is 7.84. The molecule has 0 bridgehead atoms. The molecular formula is C20H15FN6O2S. The number of amides is 2. The van der Waals surface area contributed by atoms with E-state index in [4.69, 9.17) is 5.73 Å². The maximum atomic E-state index is 13.7. The van der Waals surface area contributed by atoms with Gasteiger partial charge in [0.15, 0.2) is 0 Å². The van der Waals surface area contributed by atoms with Crippen LogP contribution in [0.15, 0.2) is 48.7 Å². The van der Waals surface area contributed by atoms with Crippen LogP contribution in [-0.2, 0) is 0 Å². The number of aromatic nitrogens is 3. The highest BCUT2D eigenvalue weighted by atomic mass is 32.1. The van der Waals surface area contributed by atoms with Crippen molar-refractivity contribution in [2.45, 2.75) is 6.92 Å². The second-order valence-electron chi connectivity index (χ2n) is 6.35. The van der Waals surface area contributed by atoms with Crippen LogP contribution in [0.3, 0.4) is 0 Å². The number of carbonyl (C=O) groups is 2. The molecular weight excluding hydrogens is 407 g/mol. The van der Waals surface area contributed by atoms with Crippen LogP contribution in [0.4, 0.5) is 20.9 Å². The van der Waals surface area contributed by atoms with Gasteiger partial charge >= 0.3 is 0 Å². The molecule has 30 heavy (non-hydrogen) atoms. The third kappa shape index (κ3) is 3.80. The minimum atomic E-state index is -0.922. The van der Waals surface area contributed by atoms with Crippen LogP contribution in [-0.4, -0.2) is 26.2 Å². The highest BCUT2D eigenvalue weighted by Gasteiger charge is 2.20. The minimum absolute atomic E-state index is 0.234. The summed E-state index contributed by atoms with van der Waals surface area (Å²) >= 11 is 1.10. The molecule has 2 heterocycles. The van der Waals surface area contributed by atoms with Crippen LogP contribution in [0.25, 0.3) is 11.0 Å². The summed E-state index contributed by atoms with van der Waals surface area (Å²) in [6.45, 7) is 1.70. The van der Waals surface area contributed by atoms with E-state index in [1.807, 2.05) is 24.3 Å². The summed E-state index contributed by atoms with van der Waals surface area (Å²) in [6, 6.07) is 11.0. The summed E-state index contributed by atoms with van der Waals surface area (Å²) < 4.78 is 17.9. The molecule has 0 aliphatic heterocycles. The first-order valence-corrected chi connectivity index (χ1v) is 9.55. The molecule has 10 heteroatoms. The van der Waals surface area contributed by atoms with Gasteiger partial charge in [-0.3, -0.25) is 14.6 Å². The largest absolute Gasteiger partial charge is 0.366 e. The fourth-order valence-electron chi connectivity index (χ4n) is 2.84. The predicted octanol–water partition coefficient (Wildman–Crippen LogP) is 3.63. The number of hydrogen-bond acceptors (Lipinski definition) is 7. The standard InChI is InChI=1S/C20H15FN6O2S/c1-10-17(19(29)24-11-6-7-13(21)12(8-11)18(22)28)20(30-27-10)26-16-9-23-14-4-2-3-5-15(14)25-16/h2-9H,1H3,(H2,22,28)(H,24,29)(H,25,26). The van der Waals surface area contributed by atoms with Gasteiger partial charge in [-0.2, -0.15) is 4.37 Å². The molecule has 0 radical (unpaired) electrons. The second-order valence-corrected chi connectivity index (χ2v) is 7.13. The number of nitrogens with zero attached hydrogens (tertiary/aromatic N) is 3. The Labute approximate surface area is 174 Å². The van der Waals surface area contributed by atoms with Crippen LogP contribution in [0.2, 0.25) is 0 Å². The van der Waals surface area contributed by atoms with Crippen LogP contribution >= 0.6 is 11.5 Å². The summed E-state index contributed by atoms with van der Waals surface area (Å²) in [4.78, 5) is 33.0. The number of hydrogen-bond donors (Lipinski definition) is 3. The van der Waals surface area contributed by atoms with E-state index in [1.54, 1.807) is 13.1 Å². The molecule has 0 aliphatic rings. The summed E-state index contributed by atoms with van der Waals surface area (Å²) in [5.41, 5.74) is 7.36. The van der Waals surface area contributed by atoms with Gasteiger partial charge in [0.1, 0.15) is 16.6 Å². The first kappa shape index (κ1) is 19.4. The normalized spacial score (nSPS) is 10.7. The van der Waals surface area contributed by atoms with E-state index in [9.17, 15) is 14.0 Å². The maximum absolute atomic E-state index is 13.7. The number of aryl methyl sites for hydroxylation is 1. The van der Waals surface area contributed by atoms with Crippen molar-refractivity contribution in [2.75, 3.05) is 10.6 Å². The van der Waals surface area contributed by atoms with E-state index in [0.717, 1.165) is 23.1 Å². The molecule has 0 aliphatic carbocycles. The molecule has 0 saturated heterocycles. The molecule has 0 spiro atoms. The van der Waals surface area contributed by atoms with Gasteiger partial charge in [-0.05, 0) is 48.8 Å². The first-order chi connectivity index (χ1) is 14.4. The zero-order valence-electron chi connectivity index (χ0n) is 15.6. The molecule has 150 valence electrons. The Hall–Kier alpha value is -3.92. The number of benzene rings is 2. The number of para-hydroxylation sites is 2. The van der Waals surface area contributed by atoms with E-state index in [1.165, 1.54) is 12.1 Å². The summed E-state index contributed by atoms with van der Waals surface area (Å²) in [7, 11) is 0. The van der Waals surface area contributed by atoms with Gasteiger partial charge in [-0.15, -0.1) is 0 Å². The number of rotatable bonds is 5. The Bertz CT molecular complexity index is 1290. The third-order valence-corrected chi connectivity index (χ3v) is 5.12. The first-order valence-electron chi connectivity index (χ1n) is 8.78. The van der Waals surface area contributed by atoms with Gasteiger partial charge in [0.25, 0.3) is 11.8 Å². The van der Waals surface area contributed by atoms with Crippen LogP contribution in [0.5, 0.6) is 0 Å². The van der Waals surface area contributed by atoms with Crippen molar-refractivity contribution in [3.63, 3.8) is 0 Å². The molecule has 2 amide bonds. The van der Waals surface area contributed by atoms with Crippen molar-refractivity contribution in [2.24, 2.45) is 5.73 Å². The molecule has 0 saturated carbocycles. The van der Waals surface area contributed by atoms with Gasteiger partial charge in [-0.25, -0.2) is 9.37 Å². The van der Waals surface area contributed by atoms with Crippen molar-refractivity contribution in [3.8, 4) is 0 Å². The number of nitrogens with two attached hydrogens (primary N) is 1. The predicted molar refractivity (Wildman–Crippen MR) is 113 cm³/mol. The van der Waals surface area contributed by atoms with E-state index in [-0.39, 0.29) is 11.3 Å². The molecule has 4 aromatic rings. The number of anilines is 3. The number of halogens is 1. The molecule has 2 aromatic heterocycles. The van der Waals surface area contributed by atoms with E-state index in [0.29, 0.717) is 27.6 Å². The lowest BCUT2D eigenvalue weighted by atomic mass is 10.1. The van der Waals surface area contributed by atoms with Crippen molar-refractivity contribution in [1.29, 1.82) is 0 Å². The SMILES string of the molecule is Cc1nsc(Nc2cnc3ccccc3n2)c1C(=O)Nc1ccc(F)c(C(N)=O)c1. The Morgan fingerprint density at radius 3 is 2.67 bits per heavy atom. The number of carbonyl (C=O) groups excluding carboxylic acids is 2. The smallest absolute Gasteiger partial charge is 0.260 e. The molecule has 0 unspecified atom stereocenters. The third-order valence-electron chi connectivity index (χ3n) is 4.27. The fraction of sp³-hybridized carbons (Fsp3) is 0.0500. The maximum Gasteiger partial charge on any atom is 0.260 e. The lowest BCUT2D eigenvalue weighted by Crippen LogP contribution is -2.17. The van der Waals surface area contributed by atoms with Gasteiger partial charge in [-0.1, -0.05) is 12.1 Å². The topological polar surface area (TPSA) is 123 Å². The molecule has 0 atom stereocenters. The summed E-state index contributed by atoms with van der Waals surface area (Å²) in [5, 5.41) is 6.20. The highest BCUT2D eigenvalue weighted by molar-refractivity contribution is 7.10. The minimum Gasteiger partial charge on any atom is -0.366 e. The Morgan fingerprint density at radius 1 is 1.13 bits per heavy atom. The van der Waals surface area contributed by atoms with Crippen LogP contribution in [0, 0.1) is 12.7 Å². The number of fused-ring (bicyclic) bond motifs is 1. The van der Waals surface area contributed by atoms with Crippen LogP contribution < -0.4 is 16.4 Å². The average molecular weight is 422 g/mol. The summed E-state index contributed by atoms with van der Waals surface area (Å²) in [6.07, 6.45) is 1.57. The Balaban J connectivity index is 1.60. The van der Waals surface area contributed by atoms with E-state index < -0.39 is 17.6 Å². The highest BCUT2D eigenvalue weighted by Crippen LogP contribution is 2.29. The number of primary amides is 1. The van der Waals surface area contributed by atoms with Gasteiger partial charge in [0.05, 0.1) is 34.1 Å². The molecule has 2 aromatic carbocycles. The van der Waals surface area contributed by atoms with Crippen molar-refractivity contribution < 1.29 is 14.0 Å². The Kier molecular flexibility index (Phi) is 5.07. The van der Waals surface area contributed by atoms with Gasteiger partial charge < -0.3 is 16.4 Å². The van der Waals surface area contributed by atoms with Crippen molar-refractivity contribution >= 4 is 50.9 Å². The molecule has 4 rings (SSSR count). The van der Waals surface area contributed by atoms with E-state index >= 15 is 0 Å². The lowest BCUT2D eigenvalue weighted by molar-refractivity contribution is 0.0992. The molecule has 4 N–H and O–H groups in total. The van der Waals surface area contributed by atoms with Gasteiger partial charge in [0.2, 0.25) is 0 Å². The monoisotopic (exact) mass is 422 g/mol. The molecule has 0 fully saturated rings. The zero-order valence-corrected chi connectivity index (χ0v) is 16.5. The summed E-state index contributed by atoms with van der Waals surface area (Å²) in [5.74, 6) is -1.69. The number of nitrogens with one attached hydrogen (secondary N) is 2. The van der Waals surface area contributed by atoms with E-state index in [2.05, 4.69) is 25.0 Å². The fourth-order valence-corrected chi connectivity index (χ4v) is 3.64. The Morgan fingerprint density at radius 2 is 1.90 bits per heavy atom.